The van der Waals surface area contributed by atoms with Gasteiger partial charge in [0.1, 0.15) is 22.5 Å². The molecule has 1 heterocycles. The highest BCUT2D eigenvalue weighted by Gasteiger charge is 2.27. The molecule has 3 aromatic carbocycles. The van der Waals surface area contributed by atoms with Gasteiger partial charge in [-0.25, -0.2) is 4.79 Å². The molecule has 0 radical (unpaired) electrons. The number of fused-ring (bicyclic) bond motifs is 1. The molecule has 172 valence electrons. The van der Waals surface area contributed by atoms with Gasteiger partial charge in [-0.15, -0.1) is 0 Å². The van der Waals surface area contributed by atoms with Gasteiger partial charge in [0.15, 0.2) is 5.78 Å². The monoisotopic (exact) mass is 474 g/mol. The number of allylic oxidation sites excluding steroid dienone is 1. The summed E-state index contributed by atoms with van der Waals surface area (Å²) in [6, 6.07) is 19.0. The maximum Gasteiger partial charge on any atom is 0.339 e. The topological polar surface area (TPSA) is 87.6 Å². The molecule has 0 atom stereocenters. The van der Waals surface area contributed by atoms with Crippen LogP contribution in [0.4, 0.5) is 0 Å². The first-order valence-electron chi connectivity index (χ1n) is 10.5. The minimum atomic E-state index is -0.599. The van der Waals surface area contributed by atoms with Crippen LogP contribution in [0.1, 0.15) is 28.4 Å². The average molecular weight is 475 g/mol. The minimum Gasteiger partial charge on any atom is -0.497 e. The maximum atomic E-state index is 13.9. The predicted octanol–water partition coefficient (Wildman–Crippen LogP) is 5.07. The molecule has 34 heavy (non-hydrogen) atoms. The van der Waals surface area contributed by atoms with Gasteiger partial charge in [-0.2, -0.15) is 8.75 Å². The van der Waals surface area contributed by atoms with Crippen molar-refractivity contribution in [1.29, 1.82) is 0 Å². The first-order valence-corrected chi connectivity index (χ1v) is 11.3. The molecule has 8 heteroatoms. The zero-order chi connectivity index (χ0) is 24.1. The Labute approximate surface area is 200 Å². The number of hydrogen-bond acceptors (Lipinski definition) is 8. The molecule has 0 unspecified atom stereocenters. The number of ether oxygens (including phenoxy) is 3. The van der Waals surface area contributed by atoms with Crippen LogP contribution in [-0.2, 0) is 9.53 Å². The SMILES string of the molecule is CCOC(=O)/C(=C(/C(=O)c1ccc(OC)cc1)c1ccc(OC)cc1)c1ccc2nsnc2c1. The molecule has 4 aromatic rings. The summed E-state index contributed by atoms with van der Waals surface area (Å²) in [7, 11) is 3.12. The van der Waals surface area contributed by atoms with Crippen LogP contribution in [0.25, 0.3) is 22.2 Å². The normalized spacial score (nSPS) is 11.6. The summed E-state index contributed by atoms with van der Waals surface area (Å²) in [6.07, 6.45) is 0. The maximum absolute atomic E-state index is 13.9. The van der Waals surface area contributed by atoms with E-state index in [0.29, 0.717) is 39.2 Å². The van der Waals surface area contributed by atoms with Gasteiger partial charge in [-0.1, -0.05) is 18.2 Å². The van der Waals surface area contributed by atoms with Crippen LogP contribution in [0.3, 0.4) is 0 Å². The van der Waals surface area contributed by atoms with Gasteiger partial charge in [0.05, 0.1) is 38.1 Å². The number of benzene rings is 3. The summed E-state index contributed by atoms with van der Waals surface area (Å²) in [4.78, 5) is 27.2. The number of aromatic nitrogens is 2. The van der Waals surface area contributed by atoms with Crippen molar-refractivity contribution in [2.45, 2.75) is 6.92 Å². The van der Waals surface area contributed by atoms with Crippen LogP contribution in [-0.4, -0.2) is 41.3 Å². The zero-order valence-electron chi connectivity index (χ0n) is 18.9. The number of rotatable bonds is 8. The molecule has 0 aliphatic heterocycles. The standard InChI is InChI=1S/C26H22N2O5S/c1-4-33-26(30)24(18-9-14-21-22(15-18)28-34-27-21)23(16-5-10-19(31-2)11-6-16)25(29)17-7-12-20(32-3)13-8-17/h5-15H,4H2,1-3H3/b24-23+. The molecule has 0 saturated heterocycles. The number of carbonyl (C=O) groups excluding carboxylic acids is 2. The third-order valence-corrected chi connectivity index (χ3v) is 5.79. The van der Waals surface area contributed by atoms with Crippen molar-refractivity contribution in [3.63, 3.8) is 0 Å². The van der Waals surface area contributed by atoms with E-state index >= 15 is 0 Å². The second-order valence-electron chi connectivity index (χ2n) is 7.22. The summed E-state index contributed by atoms with van der Waals surface area (Å²) >= 11 is 1.08. The molecule has 0 bridgehead atoms. The van der Waals surface area contributed by atoms with E-state index in [1.54, 1.807) is 87.9 Å². The van der Waals surface area contributed by atoms with Crippen molar-refractivity contribution >= 4 is 45.7 Å². The summed E-state index contributed by atoms with van der Waals surface area (Å²) in [5.41, 5.74) is 3.20. The first kappa shape index (κ1) is 23.1. The number of esters is 1. The van der Waals surface area contributed by atoms with Crippen LogP contribution in [0, 0.1) is 0 Å². The third-order valence-electron chi connectivity index (χ3n) is 5.23. The second kappa shape index (κ2) is 10.3. The smallest absolute Gasteiger partial charge is 0.339 e. The van der Waals surface area contributed by atoms with E-state index in [4.69, 9.17) is 14.2 Å². The van der Waals surface area contributed by atoms with Crippen molar-refractivity contribution in [2.75, 3.05) is 20.8 Å². The van der Waals surface area contributed by atoms with Crippen LogP contribution in [0.2, 0.25) is 0 Å². The number of nitrogens with zero attached hydrogens (tertiary/aromatic N) is 2. The van der Waals surface area contributed by atoms with Gasteiger partial charge in [0.25, 0.3) is 0 Å². The summed E-state index contributed by atoms with van der Waals surface area (Å²) < 4.78 is 24.4. The Bertz CT molecular complexity index is 1360. The minimum absolute atomic E-state index is 0.155. The molecule has 0 aliphatic rings. The third kappa shape index (κ3) is 4.67. The van der Waals surface area contributed by atoms with Crippen molar-refractivity contribution in [3.05, 3.63) is 83.4 Å². The lowest BCUT2D eigenvalue weighted by Gasteiger charge is -2.16. The Morgan fingerprint density at radius 2 is 1.29 bits per heavy atom. The fraction of sp³-hybridized carbons (Fsp3) is 0.154. The van der Waals surface area contributed by atoms with Crippen molar-refractivity contribution < 1.29 is 23.8 Å². The second-order valence-corrected chi connectivity index (χ2v) is 7.75. The summed E-state index contributed by atoms with van der Waals surface area (Å²) in [5.74, 6) is 0.330. The average Bonchev–Trinajstić information content (AvgIpc) is 3.35. The van der Waals surface area contributed by atoms with Crippen LogP contribution >= 0.6 is 11.7 Å². The Hall–Kier alpha value is -4.04. The van der Waals surface area contributed by atoms with E-state index in [2.05, 4.69) is 8.75 Å². The molecular weight excluding hydrogens is 452 g/mol. The Kier molecular flexibility index (Phi) is 6.98. The van der Waals surface area contributed by atoms with E-state index < -0.39 is 5.97 Å². The Morgan fingerprint density at radius 3 is 1.88 bits per heavy atom. The van der Waals surface area contributed by atoms with E-state index in [9.17, 15) is 9.59 Å². The number of ketones is 1. The molecular formula is C26H22N2O5S. The van der Waals surface area contributed by atoms with Crippen LogP contribution in [0.15, 0.2) is 66.7 Å². The molecule has 0 aliphatic carbocycles. The van der Waals surface area contributed by atoms with Gasteiger partial charge in [0.2, 0.25) is 0 Å². The lowest BCUT2D eigenvalue weighted by molar-refractivity contribution is -0.136. The quantitative estimate of drug-likeness (QED) is 0.153. The van der Waals surface area contributed by atoms with E-state index in [1.807, 2.05) is 0 Å². The van der Waals surface area contributed by atoms with Crippen molar-refractivity contribution in [3.8, 4) is 11.5 Å². The van der Waals surface area contributed by atoms with Gasteiger partial charge in [0, 0.05) is 11.1 Å². The lowest BCUT2D eigenvalue weighted by atomic mass is 9.88. The lowest BCUT2D eigenvalue weighted by Crippen LogP contribution is -2.14. The van der Waals surface area contributed by atoms with E-state index in [-0.39, 0.29) is 23.5 Å². The Balaban J connectivity index is 1.98. The molecule has 0 N–H and O–H groups in total. The van der Waals surface area contributed by atoms with Crippen molar-refractivity contribution in [1.82, 2.24) is 8.75 Å². The van der Waals surface area contributed by atoms with Gasteiger partial charge >= 0.3 is 5.97 Å². The number of carbonyl (C=O) groups is 2. The molecule has 1 aromatic heterocycles. The zero-order valence-corrected chi connectivity index (χ0v) is 19.7. The highest BCUT2D eigenvalue weighted by atomic mass is 32.1. The highest BCUT2D eigenvalue weighted by Crippen LogP contribution is 2.33. The number of hydrogen-bond donors (Lipinski definition) is 0. The molecule has 0 fully saturated rings. The van der Waals surface area contributed by atoms with Gasteiger partial charge in [-0.3, -0.25) is 4.79 Å². The van der Waals surface area contributed by atoms with E-state index in [1.165, 1.54) is 0 Å². The summed E-state index contributed by atoms with van der Waals surface area (Å²) in [6.45, 7) is 1.89. The molecule has 7 nitrogen and oxygen atoms in total. The van der Waals surface area contributed by atoms with Gasteiger partial charge in [-0.05, 0) is 66.6 Å². The molecule has 0 saturated carbocycles. The number of methoxy groups -OCH3 is 2. The predicted molar refractivity (Wildman–Crippen MR) is 131 cm³/mol. The summed E-state index contributed by atoms with van der Waals surface area (Å²) in [5, 5.41) is 0. The largest absolute Gasteiger partial charge is 0.497 e. The highest BCUT2D eigenvalue weighted by molar-refractivity contribution is 7.00. The fourth-order valence-corrected chi connectivity index (χ4v) is 4.06. The van der Waals surface area contributed by atoms with Crippen molar-refractivity contribution in [2.24, 2.45) is 0 Å². The fourth-order valence-electron chi connectivity index (χ4n) is 3.54. The number of Topliss-reactive ketones (excluding diaryl/α,β-unsaturated/α-hetero) is 1. The molecule has 0 spiro atoms. The van der Waals surface area contributed by atoms with Gasteiger partial charge < -0.3 is 14.2 Å². The van der Waals surface area contributed by atoms with E-state index in [0.717, 1.165) is 11.7 Å². The first-order chi connectivity index (χ1) is 16.5. The van der Waals surface area contributed by atoms with Crippen LogP contribution < -0.4 is 9.47 Å². The molecule has 4 rings (SSSR count). The Morgan fingerprint density at radius 1 is 0.735 bits per heavy atom. The molecule has 0 amide bonds. The van der Waals surface area contributed by atoms with Crippen LogP contribution in [0.5, 0.6) is 11.5 Å².